The Morgan fingerprint density at radius 3 is 2.00 bits per heavy atom. The Hall–Kier alpha value is -3.25. The van der Waals surface area contributed by atoms with Gasteiger partial charge in [-0.15, -0.1) is 0 Å². The van der Waals surface area contributed by atoms with Crippen molar-refractivity contribution in [1.29, 1.82) is 5.53 Å². The van der Waals surface area contributed by atoms with E-state index in [2.05, 4.69) is 9.88 Å². The molecule has 0 aliphatic rings. The second-order valence-electron chi connectivity index (χ2n) is 6.74. The molecule has 0 bridgehead atoms. The number of esters is 1. The minimum atomic E-state index is -4.12. The third-order valence-electron chi connectivity index (χ3n) is 3.78. The Bertz CT molecular complexity index is 916. The fourth-order valence-electron chi connectivity index (χ4n) is 2.48. The van der Waals surface area contributed by atoms with E-state index in [0.717, 1.165) is 6.21 Å². The van der Waals surface area contributed by atoms with Crippen molar-refractivity contribution >= 4 is 25.7 Å². The third kappa shape index (κ3) is 8.56. The molecule has 0 radical (unpaired) electrons. The van der Waals surface area contributed by atoms with E-state index in [1.807, 2.05) is 0 Å². The molecule has 9 nitrogen and oxygen atoms in total. The maximum Gasteiger partial charge on any atom is 0.513 e. The molecule has 10 heteroatoms. The highest BCUT2D eigenvalue weighted by Gasteiger charge is 2.36. The Morgan fingerprint density at radius 2 is 1.55 bits per heavy atom. The van der Waals surface area contributed by atoms with Gasteiger partial charge in [-0.3, -0.25) is 9.59 Å². The molecule has 164 valence electrons. The van der Waals surface area contributed by atoms with Crippen molar-refractivity contribution in [2.75, 3.05) is 0 Å². The van der Waals surface area contributed by atoms with Gasteiger partial charge >= 0.3 is 19.9 Å². The number of hydrogen-bond donors (Lipinski definition) is 2. The van der Waals surface area contributed by atoms with Gasteiger partial charge in [0.15, 0.2) is 0 Å². The molecule has 0 spiro atoms. The van der Waals surface area contributed by atoms with Crippen molar-refractivity contribution in [3.8, 4) is 11.5 Å². The third-order valence-corrected chi connectivity index (χ3v) is 5.31. The highest BCUT2D eigenvalue weighted by atomic mass is 31.2. The Balaban J connectivity index is 2.30. The van der Waals surface area contributed by atoms with Crippen LogP contribution in [0.5, 0.6) is 11.5 Å². The van der Waals surface area contributed by atoms with Gasteiger partial charge in [-0.2, -0.15) is 5.09 Å². The van der Waals surface area contributed by atoms with Crippen LogP contribution in [0.3, 0.4) is 0 Å². The minimum absolute atomic E-state index is 0.0588. The van der Waals surface area contributed by atoms with Crippen molar-refractivity contribution in [3.05, 3.63) is 60.7 Å². The van der Waals surface area contributed by atoms with Crippen LogP contribution in [0.2, 0.25) is 0 Å². The van der Waals surface area contributed by atoms with Gasteiger partial charge in [0.2, 0.25) is 5.78 Å². The van der Waals surface area contributed by atoms with Gasteiger partial charge in [0.1, 0.15) is 17.5 Å². The van der Waals surface area contributed by atoms with E-state index >= 15 is 0 Å². The molecule has 2 aromatic carbocycles. The highest BCUT2D eigenvalue weighted by Crippen LogP contribution is 2.45. The summed E-state index contributed by atoms with van der Waals surface area (Å²) in [4.78, 5) is 27.3. The molecule has 2 aromatic rings. The standard InChI is InChI=1S/C21H25N3O6P/c1-16(2)28-21(26)20(14-13-17(25)15-23-22)24-31(27,29-18-9-5-3-6-10-18)30-19-11-7-4-8-12-19/h3-12,15-16,20,22H,13-14H2,1-2H3,(H,24,27)/q+1/t20-/m0/s1. The highest BCUT2D eigenvalue weighted by molar-refractivity contribution is 7.52. The van der Waals surface area contributed by atoms with E-state index in [1.165, 1.54) is 0 Å². The number of carbonyl (C=O) groups excluding carboxylic acids is 2. The van der Waals surface area contributed by atoms with Crippen molar-refractivity contribution < 1.29 is 32.7 Å². The number of carbonyl (C=O) groups is 2. The molecule has 31 heavy (non-hydrogen) atoms. The monoisotopic (exact) mass is 446 g/mol. The summed E-state index contributed by atoms with van der Waals surface area (Å²) in [5.41, 5.74) is 6.75. The van der Waals surface area contributed by atoms with Crippen LogP contribution in [0, 0.1) is 5.53 Å². The van der Waals surface area contributed by atoms with Gasteiger partial charge in [0, 0.05) is 6.42 Å². The quantitative estimate of drug-likeness (QED) is 0.167. The first-order chi connectivity index (χ1) is 14.8. The molecule has 0 heterocycles. The molecule has 0 saturated carbocycles. The van der Waals surface area contributed by atoms with Crippen LogP contribution in [0.1, 0.15) is 26.7 Å². The van der Waals surface area contributed by atoms with Crippen LogP contribution in [0.25, 0.3) is 0 Å². The lowest BCUT2D eigenvalue weighted by atomic mass is 10.1. The van der Waals surface area contributed by atoms with Gasteiger partial charge in [-0.25, -0.2) is 4.57 Å². The van der Waals surface area contributed by atoms with Crippen LogP contribution in [0.15, 0.2) is 60.7 Å². The van der Waals surface area contributed by atoms with Gasteiger partial charge in [-0.1, -0.05) is 36.4 Å². The van der Waals surface area contributed by atoms with Gasteiger partial charge in [-0.05, 0) is 44.5 Å². The van der Waals surface area contributed by atoms with Crippen LogP contribution in [-0.2, 0) is 18.9 Å². The largest absolute Gasteiger partial charge is 0.513 e. The lowest BCUT2D eigenvalue weighted by Crippen LogP contribution is -2.39. The van der Waals surface area contributed by atoms with Crippen molar-refractivity contribution in [1.82, 2.24) is 5.09 Å². The number of nitrogens with one attached hydrogen (secondary N) is 2. The fourth-order valence-corrected chi connectivity index (χ4v) is 4.03. The molecule has 0 fully saturated rings. The fraction of sp³-hybridized carbons (Fsp3) is 0.286. The Kier molecular flexibility index (Phi) is 9.15. The summed E-state index contributed by atoms with van der Waals surface area (Å²) in [6.07, 6.45) is 0.234. The molecule has 0 aliphatic carbocycles. The van der Waals surface area contributed by atoms with E-state index in [4.69, 9.17) is 19.3 Å². The summed E-state index contributed by atoms with van der Waals surface area (Å²) < 4.78 is 30.1. The van der Waals surface area contributed by atoms with Crippen LogP contribution >= 0.6 is 7.75 Å². The normalized spacial score (nSPS) is 11.8. The summed E-state index contributed by atoms with van der Waals surface area (Å²) in [7, 11) is -4.12. The summed E-state index contributed by atoms with van der Waals surface area (Å²) in [6, 6.07) is 15.6. The molecule has 0 unspecified atom stereocenters. The zero-order chi connectivity index (χ0) is 22.7. The average molecular weight is 446 g/mol. The van der Waals surface area contributed by atoms with E-state index < -0.39 is 31.6 Å². The lowest BCUT2D eigenvalue weighted by Gasteiger charge is -2.25. The predicted molar refractivity (Wildman–Crippen MR) is 113 cm³/mol. The van der Waals surface area contributed by atoms with Gasteiger partial charge in [0.05, 0.1) is 16.4 Å². The van der Waals surface area contributed by atoms with E-state index in [0.29, 0.717) is 0 Å². The van der Waals surface area contributed by atoms with Crippen molar-refractivity contribution in [2.24, 2.45) is 0 Å². The van der Waals surface area contributed by atoms with E-state index in [-0.39, 0.29) is 24.3 Å². The smallest absolute Gasteiger partial charge is 0.462 e. The number of rotatable bonds is 12. The number of ether oxygens (including phenoxy) is 1. The van der Waals surface area contributed by atoms with E-state index in [9.17, 15) is 14.2 Å². The maximum absolute atomic E-state index is 13.6. The Morgan fingerprint density at radius 1 is 1.03 bits per heavy atom. The maximum atomic E-state index is 13.6. The molecule has 0 amide bonds. The molecule has 1 atom stereocenters. The summed E-state index contributed by atoms with van der Waals surface area (Å²) in [5.74, 6) is -0.633. The zero-order valence-electron chi connectivity index (χ0n) is 17.3. The molecule has 0 saturated heterocycles. The molecule has 2 N–H and O–H groups in total. The first-order valence-electron chi connectivity index (χ1n) is 9.61. The number of Topliss-reactive ketones (excluding diaryl/α,β-unsaturated/α-hetero) is 1. The van der Waals surface area contributed by atoms with Crippen molar-refractivity contribution in [2.45, 2.75) is 38.8 Å². The first-order valence-corrected chi connectivity index (χ1v) is 11.2. The van der Waals surface area contributed by atoms with Crippen molar-refractivity contribution in [3.63, 3.8) is 0 Å². The second-order valence-corrected chi connectivity index (χ2v) is 8.35. The van der Waals surface area contributed by atoms with E-state index in [1.54, 1.807) is 74.5 Å². The zero-order valence-corrected chi connectivity index (χ0v) is 18.2. The number of para-hydroxylation sites is 2. The molecular formula is C21H25N3O6P+. The SMILES string of the molecule is CC(C)OC(=O)[C@H](CCC(=O)C=[N+]=N)NP(=O)(Oc1ccccc1)Oc1ccccc1. The molecule has 0 aliphatic heterocycles. The number of nitrogens with zero attached hydrogens (tertiary/aromatic N) is 1. The minimum Gasteiger partial charge on any atom is -0.462 e. The van der Waals surface area contributed by atoms with Crippen LogP contribution < -0.4 is 14.1 Å². The predicted octanol–water partition coefficient (Wildman–Crippen LogP) is 3.82. The van der Waals surface area contributed by atoms with Gasteiger partial charge in [0.25, 0.3) is 0 Å². The summed E-state index contributed by atoms with van der Waals surface area (Å²) in [5, 5.41) is 2.62. The second kappa shape index (κ2) is 11.8. The lowest BCUT2D eigenvalue weighted by molar-refractivity contribution is -0.149. The van der Waals surface area contributed by atoms with Crippen LogP contribution in [0.4, 0.5) is 0 Å². The van der Waals surface area contributed by atoms with Crippen LogP contribution in [-0.4, -0.2) is 34.9 Å². The number of hydrogen-bond acceptors (Lipinski definition) is 7. The first kappa shape index (κ1) is 24.0. The summed E-state index contributed by atoms with van der Waals surface area (Å²) in [6.45, 7) is 3.35. The molecular weight excluding hydrogens is 421 g/mol. The Labute approximate surface area is 180 Å². The average Bonchev–Trinajstić information content (AvgIpc) is 2.72. The summed E-state index contributed by atoms with van der Waals surface area (Å²) >= 11 is 0. The number of ketones is 1. The topological polar surface area (TPSA) is 129 Å². The molecule has 2 rings (SSSR count). The number of benzene rings is 2. The van der Waals surface area contributed by atoms with Gasteiger partial charge < -0.3 is 13.8 Å². The molecule has 0 aromatic heterocycles.